The van der Waals surface area contributed by atoms with Crippen molar-refractivity contribution < 1.29 is 23.5 Å². The summed E-state index contributed by atoms with van der Waals surface area (Å²) in [5, 5.41) is 5.37. The van der Waals surface area contributed by atoms with Gasteiger partial charge in [0, 0.05) is 18.7 Å². The zero-order valence-corrected chi connectivity index (χ0v) is 15.1. The fourth-order valence-electron chi connectivity index (χ4n) is 3.25. The first-order chi connectivity index (χ1) is 13.6. The molecule has 1 atom stereocenters. The lowest BCUT2D eigenvalue weighted by atomic mass is 10.2. The first kappa shape index (κ1) is 18.1. The van der Waals surface area contributed by atoms with Crippen LogP contribution in [0.4, 0.5) is 20.6 Å². The lowest BCUT2D eigenvalue weighted by Gasteiger charge is -2.26. The standard InChI is InChI=1S/C20H20FN3O4/c21-15-8-7-13(10-16(15)24-9-3-6-19(24)25)23-20(26)22-11-14-12-27-17-4-1-2-5-18(17)28-14/h1-2,4-5,7-8,10,14H,3,6,9,11-12H2,(H2,22,23,26). The van der Waals surface area contributed by atoms with Gasteiger partial charge in [-0.3, -0.25) is 4.79 Å². The van der Waals surface area contributed by atoms with Crippen LogP contribution in [0.5, 0.6) is 11.5 Å². The van der Waals surface area contributed by atoms with E-state index in [-0.39, 0.29) is 24.2 Å². The molecule has 3 amide bonds. The van der Waals surface area contributed by atoms with Crippen molar-refractivity contribution in [2.24, 2.45) is 0 Å². The molecule has 0 saturated carbocycles. The summed E-state index contributed by atoms with van der Waals surface area (Å²) in [5.41, 5.74) is 0.584. The molecule has 2 aliphatic heterocycles. The van der Waals surface area contributed by atoms with Gasteiger partial charge in [-0.15, -0.1) is 0 Å². The van der Waals surface area contributed by atoms with Crippen molar-refractivity contribution in [2.75, 3.05) is 29.9 Å². The minimum atomic E-state index is -0.493. The van der Waals surface area contributed by atoms with E-state index in [9.17, 15) is 14.0 Å². The summed E-state index contributed by atoms with van der Waals surface area (Å²) in [6.07, 6.45) is 0.791. The molecule has 2 aromatic carbocycles. The number of ether oxygens (including phenoxy) is 2. The van der Waals surface area contributed by atoms with Gasteiger partial charge in [0.25, 0.3) is 0 Å². The van der Waals surface area contributed by atoms with Crippen LogP contribution in [0.2, 0.25) is 0 Å². The Bertz CT molecular complexity index is 905. The van der Waals surface area contributed by atoms with Gasteiger partial charge in [-0.2, -0.15) is 0 Å². The molecule has 2 aromatic rings. The molecule has 8 heteroatoms. The summed E-state index contributed by atoms with van der Waals surface area (Å²) in [6, 6.07) is 11.1. The number of rotatable bonds is 4. The average Bonchev–Trinajstić information content (AvgIpc) is 3.13. The number of para-hydroxylation sites is 2. The first-order valence-electron chi connectivity index (χ1n) is 9.13. The molecule has 2 heterocycles. The molecule has 2 aliphatic rings. The van der Waals surface area contributed by atoms with Gasteiger partial charge in [-0.25, -0.2) is 9.18 Å². The normalized spacial score (nSPS) is 18.1. The number of carbonyl (C=O) groups excluding carboxylic acids is 2. The number of nitrogens with zero attached hydrogens (tertiary/aromatic N) is 1. The van der Waals surface area contributed by atoms with Gasteiger partial charge in [0.05, 0.1) is 12.2 Å². The van der Waals surface area contributed by atoms with Crippen LogP contribution in [0.25, 0.3) is 0 Å². The predicted octanol–water partition coefficient (Wildman–Crippen LogP) is 2.91. The van der Waals surface area contributed by atoms with Crippen molar-refractivity contribution in [3.05, 3.63) is 48.3 Å². The van der Waals surface area contributed by atoms with E-state index in [1.54, 1.807) is 6.07 Å². The van der Waals surface area contributed by atoms with E-state index in [2.05, 4.69) is 10.6 Å². The molecule has 146 valence electrons. The fraction of sp³-hybridized carbons (Fsp3) is 0.300. The lowest BCUT2D eigenvalue weighted by Crippen LogP contribution is -2.42. The van der Waals surface area contributed by atoms with Crippen LogP contribution in [-0.4, -0.2) is 37.7 Å². The number of nitrogens with one attached hydrogen (secondary N) is 2. The highest BCUT2D eigenvalue weighted by Gasteiger charge is 2.25. The fourth-order valence-corrected chi connectivity index (χ4v) is 3.25. The van der Waals surface area contributed by atoms with Crippen LogP contribution in [-0.2, 0) is 4.79 Å². The van der Waals surface area contributed by atoms with E-state index in [0.29, 0.717) is 43.2 Å². The Morgan fingerprint density at radius 2 is 2.04 bits per heavy atom. The maximum Gasteiger partial charge on any atom is 0.319 e. The summed E-state index contributed by atoms with van der Waals surface area (Å²) in [5.74, 6) is 0.709. The minimum Gasteiger partial charge on any atom is -0.486 e. The second-order valence-corrected chi connectivity index (χ2v) is 6.65. The Morgan fingerprint density at radius 3 is 2.82 bits per heavy atom. The highest BCUT2D eigenvalue weighted by atomic mass is 19.1. The molecular formula is C20H20FN3O4. The number of benzene rings is 2. The third-order valence-electron chi connectivity index (χ3n) is 4.63. The van der Waals surface area contributed by atoms with E-state index in [1.165, 1.54) is 23.1 Å². The number of hydrogen-bond donors (Lipinski definition) is 2. The zero-order valence-electron chi connectivity index (χ0n) is 15.1. The molecule has 0 radical (unpaired) electrons. The second-order valence-electron chi connectivity index (χ2n) is 6.65. The monoisotopic (exact) mass is 385 g/mol. The number of carbonyl (C=O) groups is 2. The van der Waals surface area contributed by atoms with E-state index in [0.717, 1.165) is 0 Å². The number of hydrogen-bond acceptors (Lipinski definition) is 4. The molecule has 28 heavy (non-hydrogen) atoms. The largest absolute Gasteiger partial charge is 0.486 e. The summed E-state index contributed by atoms with van der Waals surface area (Å²) < 4.78 is 25.5. The minimum absolute atomic E-state index is 0.116. The van der Waals surface area contributed by atoms with Crippen LogP contribution in [0.1, 0.15) is 12.8 Å². The molecule has 0 spiro atoms. The topological polar surface area (TPSA) is 79.9 Å². The molecule has 0 aliphatic carbocycles. The van der Waals surface area contributed by atoms with Crippen molar-refractivity contribution in [2.45, 2.75) is 18.9 Å². The highest BCUT2D eigenvalue weighted by Crippen LogP contribution is 2.31. The molecule has 1 fully saturated rings. The summed E-state index contributed by atoms with van der Waals surface area (Å²) in [4.78, 5) is 25.5. The molecule has 0 bridgehead atoms. The SMILES string of the molecule is O=C(NCC1COc2ccccc2O1)Nc1ccc(F)c(N2CCCC2=O)c1. The third kappa shape index (κ3) is 3.85. The Morgan fingerprint density at radius 1 is 1.21 bits per heavy atom. The summed E-state index contributed by atoms with van der Waals surface area (Å²) >= 11 is 0. The van der Waals surface area contributed by atoms with Crippen LogP contribution < -0.4 is 25.0 Å². The van der Waals surface area contributed by atoms with Gasteiger partial charge in [0.1, 0.15) is 12.4 Å². The van der Waals surface area contributed by atoms with Crippen LogP contribution >= 0.6 is 0 Å². The Balaban J connectivity index is 1.34. The molecular weight excluding hydrogens is 365 g/mol. The molecule has 1 unspecified atom stereocenters. The van der Waals surface area contributed by atoms with Gasteiger partial charge in [0.2, 0.25) is 5.91 Å². The van der Waals surface area contributed by atoms with Gasteiger partial charge < -0.3 is 25.0 Å². The second kappa shape index (κ2) is 7.75. The zero-order chi connectivity index (χ0) is 19.5. The molecule has 2 N–H and O–H groups in total. The van der Waals surface area contributed by atoms with E-state index in [1.807, 2.05) is 18.2 Å². The van der Waals surface area contributed by atoms with Crippen molar-refractivity contribution in [1.82, 2.24) is 5.32 Å². The van der Waals surface area contributed by atoms with E-state index in [4.69, 9.17) is 9.47 Å². The van der Waals surface area contributed by atoms with Gasteiger partial charge >= 0.3 is 6.03 Å². The Hall–Kier alpha value is -3.29. The van der Waals surface area contributed by atoms with Crippen molar-refractivity contribution in [3.8, 4) is 11.5 Å². The van der Waals surface area contributed by atoms with Crippen molar-refractivity contribution >= 4 is 23.3 Å². The highest BCUT2D eigenvalue weighted by molar-refractivity contribution is 5.97. The molecule has 4 rings (SSSR count). The van der Waals surface area contributed by atoms with E-state index < -0.39 is 11.8 Å². The number of urea groups is 1. The van der Waals surface area contributed by atoms with Crippen LogP contribution in [0.3, 0.4) is 0 Å². The van der Waals surface area contributed by atoms with Gasteiger partial charge in [-0.05, 0) is 36.8 Å². The predicted molar refractivity (Wildman–Crippen MR) is 101 cm³/mol. The molecule has 7 nitrogen and oxygen atoms in total. The van der Waals surface area contributed by atoms with E-state index >= 15 is 0 Å². The number of anilines is 2. The third-order valence-corrected chi connectivity index (χ3v) is 4.63. The molecule has 1 saturated heterocycles. The maximum absolute atomic E-state index is 14.1. The summed E-state index contributed by atoms with van der Waals surface area (Å²) in [7, 11) is 0. The van der Waals surface area contributed by atoms with Crippen LogP contribution in [0.15, 0.2) is 42.5 Å². The first-order valence-corrected chi connectivity index (χ1v) is 9.13. The number of amides is 3. The number of halogens is 1. The average molecular weight is 385 g/mol. The number of fused-ring (bicyclic) bond motifs is 1. The van der Waals surface area contributed by atoms with Gasteiger partial charge in [0.15, 0.2) is 17.6 Å². The maximum atomic E-state index is 14.1. The Kier molecular flexibility index (Phi) is 5.01. The quantitative estimate of drug-likeness (QED) is 0.848. The summed E-state index contributed by atoms with van der Waals surface area (Å²) in [6.45, 7) is 1.06. The van der Waals surface area contributed by atoms with Crippen molar-refractivity contribution in [3.63, 3.8) is 0 Å². The lowest BCUT2D eigenvalue weighted by molar-refractivity contribution is -0.117. The Labute approximate surface area is 161 Å². The van der Waals surface area contributed by atoms with Crippen LogP contribution in [0, 0.1) is 5.82 Å². The molecule has 0 aromatic heterocycles. The van der Waals surface area contributed by atoms with Gasteiger partial charge in [-0.1, -0.05) is 12.1 Å². The van der Waals surface area contributed by atoms with Crippen molar-refractivity contribution in [1.29, 1.82) is 0 Å². The smallest absolute Gasteiger partial charge is 0.319 e.